The van der Waals surface area contributed by atoms with Gasteiger partial charge in [0, 0.05) is 22.8 Å². The number of hydrogen-bond acceptors (Lipinski definition) is 4. The quantitative estimate of drug-likeness (QED) is 0.637. The number of ether oxygens (including phenoxy) is 1. The van der Waals surface area contributed by atoms with E-state index in [1.165, 1.54) is 19.2 Å². The Hall–Kier alpha value is -3.03. The fourth-order valence-electron chi connectivity index (χ4n) is 3.46. The summed E-state index contributed by atoms with van der Waals surface area (Å²) < 4.78 is 33.6. The highest BCUT2D eigenvalue weighted by Gasteiger charge is 2.27. The van der Waals surface area contributed by atoms with Gasteiger partial charge in [-0.1, -0.05) is 29.8 Å². The lowest BCUT2D eigenvalue weighted by Crippen LogP contribution is -2.28. The van der Waals surface area contributed by atoms with E-state index in [1.807, 2.05) is 18.2 Å². The molecule has 0 atom stereocenters. The predicted octanol–water partition coefficient (Wildman–Crippen LogP) is 4.35. The van der Waals surface area contributed by atoms with Gasteiger partial charge >= 0.3 is 0 Å². The number of sulfonamides is 1. The van der Waals surface area contributed by atoms with Crippen LogP contribution in [0.15, 0.2) is 71.6 Å². The molecule has 0 radical (unpaired) electrons. The first-order valence-electron chi connectivity index (χ1n) is 9.25. The summed E-state index contributed by atoms with van der Waals surface area (Å²) in [4.78, 5) is 14.6. The van der Waals surface area contributed by atoms with Gasteiger partial charge in [0.25, 0.3) is 15.9 Å². The molecule has 0 bridgehead atoms. The smallest absolute Gasteiger partial charge is 0.262 e. The number of methoxy groups -OCH3 is 1. The summed E-state index contributed by atoms with van der Waals surface area (Å²) in [5.74, 6) is 0.260. The lowest BCUT2D eigenvalue weighted by Gasteiger charge is -2.18. The Balaban J connectivity index is 1.62. The molecule has 1 N–H and O–H groups in total. The Morgan fingerprint density at radius 3 is 2.57 bits per heavy atom. The molecule has 8 heteroatoms. The predicted molar refractivity (Wildman–Crippen MR) is 117 cm³/mol. The zero-order chi connectivity index (χ0) is 21.3. The van der Waals surface area contributed by atoms with Gasteiger partial charge in [0.1, 0.15) is 5.75 Å². The number of hydrogen-bond donors (Lipinski definition) is 1. The molecule has 0 saturated carbocycles. The van der Waals surface area contributed by atoms with Crippen LogP contribution in [-0.2, 0) is 16.4 Å². The standard InChI is InChI=1S/C22H19ClN2O4S/c1-29-21-10-7-17(23)14-19(21)24-30(27,28)18-8-9-20-16(13-18)11-12-25(20)22(26)15-5-3-2-4-6-15/h2-10,13-14,24H,11-12H2,1H3. The van der Waals surface area contributed by atoms with Crippen molar-refractivity contribution < 1.29 is 17.9 Å². The Kier molecular flexibility index (Phi) is 5.40. The Labute approximate surface area is 180 Å². The van der Waals surface area contributed by atoms with Gasteiger partial charge in [0.15, 0.2) is 0 Å². The van der Waals surface area contributed by atoms with Crippen LogP contribution in [-0.4, -0.2) is 28.0 Å². The maximum absolute atomic E-state index is 12.9. The molecule has 0 saturated heterocycles. The third kappa shape index (κ3) is 3.86. The number of carbonyl (C=O) groups excluding carboxylic acids is 1. The fourth-order valence-corrected chi connectivity index (χ4v) is 4.74. The molecule has 1 aliphatic rings. The molecule has 0 spiro atoms. The van der Waals surface area contributed by atoms with E-state index in [0.717, 1.165) is 11.3 Å². The SMILES string of the molecule is COc1ccc(Cl)cc1NS(=O)(=O)c1ccc2c(c1)CCN2C(=O)c1ccccc1. The summed E-state index contributed by atoms with van der Waals surface area (Å²) in [6, 6.07) is 18.5. The van der Waals surface area contributed by atoms with Crippen molar-refractivity contribution in [2.45, 2.75) is 11.3 Å². The molecule has 1 amide bonds. The summed E-state index contributed by atoms with van der Waals surface area (Å²) in [6.07, 6.45) is 0.581. The minimum Gasteiger partial charge on any atom is -0.495 e. The molecular formula is C22H19ClN2O4S. The van der Waals surface area contributed by atoms with E-state index in [0.29, 0.717) is 29.3 Å². The number of nitrogens with zero attached hydrogens (tertiary/aromatic N) is 1. The molecule has 30 heavy (non-hydrogen) atoms. The normalized spacial score (nSPS) is 13.1. The van der Waals surface area contributed by atoms with E-state index >= 15 is 0 Å². The lowest BCUT2D eigenvalue weighted by molar-refractivity contribution is 0.0989. The maximum Gasteiger partial charge on any atom is 0.262 e. The zero-order valence-electron chi connectivity index (χ0n) is 16.1. The number of carbonyl (C=O) groups is 1. The first-order valence-corrected chi connectivity index (χ1v) is 11.1. The van der Waals surface area contributed by atoms with Gasteiger partial charge in [-0.15, -0.1) is 0 Å². The summed E-state index contributed by atoms with van der Waals surface area (Å²) >= 11 is 5.99. The van der Waals surface area contributed by atoms with E-state index in [4.69, 9.17) is 16.3 Å². The number of amides is 1. The summed E-state index contributed by atoms with van der Waals surface area (Å²) in [6.45, 7) is 0.502. The van der Waals surface area contributed by atoms with Crippen molar-refractivity contribution >= 4 is 38.9 Å². The topological polar surface area (TPSA) is 75.7 Å². The molecule has 4 rings (SSSR count). The highest BCUT2D eigenvalue weighted by Crippen LogP contribution is 2.33. The Morgan fingerprint density at radius 1 is 1.07 bits per heavy atom. The third-order valence-electron chi connectivity index (χ3n) is 4.93. The van der Waals surface area contributed by atoms with Crippen molar-refractivity contribution in [3.05, 3.63) is 82.9 Å². The van der Waals surface area contributed by atoms with Gasteiger partial charge in [-0.3, -0.25) is 9.52 Å². The minimum atomic E-state index is -3.87. The largest absolute Gasteiger partial charge is 0.495 e. The van der Waals surface area contributed by atoms with Crippen LogP contribution in [0.1, 0.15) is 15.9 Å². The van der Waals surface area contributed by atoms with Crippen LogP contribution in [0.25, 0.3) is 0 Å². The first kappa shape index (κ1) is 20.3. The number of nitrogens with one attached hydrogen (secondary N) is 1. The van der Waals surface area contributed by atoms with Gasteiger partial charge in [0.2, 0.25) is 0 Å². The monoisotopic (exact) mass is 442 g/mol. The lowest BCUT2D eigenvalue weighted by atomic mass is 10.1. The Bertz CT molecular complexity index is 1210. The molecule has 154 valence electrons. The van der Waals surface area contributed by atoms with Gasteiger partial charge in [-0.05, 0) is 60.5 Å². The highest BCUT2D eigenvalue weighted by molar-refractivity contribution is 7.92. The average molecular weight is 443 g/mol. The second-order valence-corrected chi connectivity index (χ2v) is 8.93. The van der Waals surface area contributed by atoms with Crippen LogP contribution in [0.5, 0.6) is 5.75 Å². The van der Waals surface area contributed by atoms with Crippen LogP contribution >= 0.6 is 11.6 Å². The van der Waals surface area contributed by atoms with Crippen LogP contribution in [0.4, 0.5) is 11.4 Å². The minimum absolute atomic E-state index is 0.105. The van der Waals surface area contributed by atoms with Crippen LogP contribution in [0.3, 0.4) is 0 Å². The molecule has 0 fully saturated rings. The number of fused-ring (bicyclic) bond motifs is 1. The molecule has 1 heterocycles. The number of benzene rings is 3. The molecule has 3 aromatic rings. The van der Waals surface area contributed by atoms with E-state index in [2.05, 4.69) is 4.72 Å². The summed E-state index contributed by atoms with van der Waals surface area (Å²) in [5, 5.41) is 0.387. The van der Waals surface area contributed by atoms with Crippen molar-refractivity contribution in [1.82, 2.24) is 0 Å². The first-order chi connectivity index (χ1) is 14.4. The molecule has 0 aliphatic carbocycles. The van der Waals surface area contributed by atoms with Crippen molar-refractivity contribution in [3.63, 3.8) is 0 Å². The second kappa shape index (κ2) is 8.01. The van der Waals surface area contributed by atoms with Crippen LogP contribution in [0, 0.1) is 0 Å². The average Bonchev–Trinajstić information content (AvgIpc) is 3.17. The molecule has 3 aromatic carbocycles. The van der Waals surface area contributed by atoms with Gasteiger partial charge < -0.3 is 9.64 Å². The van der Waals surface area contributed by atoms with Gasteiger partial charge in [0.05, 0.1) is 17.7 Å². The van der Waals surface area contributed by atoms with Crippen molar-refractivity contribution in [1.29, 1.82) is 0 Å². The highest BCUT2D eigenvalue weighted by atomic mass is 35.5. The van der Waals surface area contributed by atoms with Crippen molar-refractivity contribution in [2.24, 2.45) is 0 Å². The van der Waals surface area contributed by atoms with E-state index < -0.39 is 10.0 Å². The molecule has 1 aliphatic heterocycles. The Morgan fingerprint density at radius 2 is 1.83 bits per heavy atom. The van der Waals surface area contributed by atoms with E-state index in [9.17, 15) is 13.2 Å². The molecule has 6 nitrogen and oxygen atoms in total. The third-order valence-corrected chi connectivity index (χ3v) is 6.53. The van der Waals surface area contributed by atoms with E-state index in [-0.39, 0.29) is 16.5 Å². The number of anilines is 2. The summed E-state index contributed by atoms with van der Waals surface area (Å²) in [5.41, 5.74) is 2.38. The summed E-state index contributed by atoms with van der Waals surface area (Å²) in [7, 11) is -2.41. The van der Waals surface area contributed by atoms with Crippen molar-refractivity contribution in [2.75, 3.05) is 23.3 Å². The van der Waals surface area contributed by atoms with Crippen molar-refractivity contribution in [3.8, 4) is 5.75 Å². The molecule has 0 unspecified atom stereocenters. The van der Waals surface area contributed by atoms with Crippen LogP contribution < -0.4 is 14.4 Å². The van der Waals surface area contributed by atoms with Gasteiger partial charge in [-0.2, -0.15) is 0 Å². The maximum atomic E-state index is 12.9. The molecular weight excluding hydrogens is 424 g/mol. The number of rotatable bonds is 5. The zero-order valence-corrected chi connectivity index (χ0v) is 17.7. The van der Waals surface area contributed by atoms with Gasteiger partial charge in [-0.25, -0.2) is 8.42 Å². The fraction of sp³-hybridized carbons (Fsp3) is 0.136. The number of halogens is 1. The second-order valence-electron chi connectivity index (χ2n) is 6.81. The van der Waals surface area contributed by atoms with Crippen LogP contribution in [0.2, 0.25) is 5.02 Å². The van der Waals surface area contributed by atoms with E-state index in [1.54, 1.807) is 41.3 Å². The molecule has 0 aromatic heterocycles.